The fourth-order valence-corrected chi connectivity index (χ4v) is 4.22. The van der Waals surface area contributed by atoms with Crippen molar-refractivity contribution in [3.63, 3.8) is 0 Å². The lowest BCUT2D eigenvalue weighted by Gasteiger charge is -2.18. The molecule has 0 atom stereocenters. The zero-order chi connectivity index (χ0) is 23.1. The van der Waals surface area contributed by atoms with Crippen LogP contribution in [0.4, 0.5) is 11.4 Å². The number of nitrogens with zero attached hydrogens (tertiary/aromatic N) is 1. The molecule has 8 heteroatoms. The van der Waals surface area contributed by atoms with Gasteiger partial charge in [-0.2, -0.15) is 0 Å². The quantitative estimate of drug-likeness (QED) is 0.545. The van der Waals surface area contributed by atoms with E-state index in [1.54, 1.807) is 25.2 Å². The Morgan fingerprint density at radius 1 is 0.875 bits per heavy atom. The lowest BCUT2D eigenvalue weighted by atomic mass is 10.1. The lowest BCUT2D eigenvalue weighted by Crippen LogP contribution is -2.35. The summed E-state index contributed by atoms with van der Waals surface area (Å²) in [6.07, 6.45) is 0.783. The van der Waals surface area contributed by atoms with Gasteiger partial charge < -0.3 is 10.2 Å². The van der Waals surface area contributed by atoms with Gasteiger partial charge in [-0.05, 0) is 54.4 Å². The van der Waals surface area contributed by atoms with Crippen LogP contribution in [0.15, 0.2) is 83.8 Å². The fourth-order valence-electron chi connectivity index (χ4n) is 3.14. The minimum atomic E-state index is -3.71. The van der Waals surface area contributed by atoms with Crippen molar-refractivity contribution < 1.29 is 18.0 Å². The lowest BCUT2D eigenvalue weighted by molar-refractivity contribution is -0.116. The van der Waals surface area contributed by atoms with Crippen LogP contribution in [0.3, 0.4) is 0 Å². The molecule has 32 heavy (non-hydrogen) atoms. The maximum absolute atomic E-state index is 12.7. The molecule has 7 nitrogen and oxygen atoms in total. The highest BCUT2D eigenvalue weighted by Crippen LogP contribution is 2.18. The van der Waals surface area contributed by atoms with Crippen molar-refractivity contribution in [2.45, 2.75) is 18.2 Å². The molecule has 0 aromatic heterocycles. The van der Waals surface area contributed by atoms with E-state index in [1.165, 1.54) is 41.3 Å². The number of hydrogen-bond acceptors (Lipinski definition) is 4. The molecule has 3 aromatic rings. The average molecular weight is 452 g/mol. The van der Waals surface area contributed by atoms with Gasteiger partial charge in [-0.1, -0.05) is 43.3 Å². The summed E-state index contributed by atoms with van der Waals surface area (Å²) < 4.78 is 27.3. The molecule has 0 saturated carbocycles. The normalized spacial score (nSPS) is 10.9. The number of carbonyl (C=O) groups excluding carboxylic acids is 2. The molecule has 2 amide bonds. The van der Waals surface area contributed by atoms with Gasteiger partial charge >= 0.3 is 0 Å². The first-order valence-corrected chi connectivity index (χ1v) is 11.6. The highest BCUT2D eigenvalue weighted by molar-refractivity contribution is 7.92. The standard InChI is InChI=1S/C24H25N3O4S/c1-3-18-9-7-8-12-22(18)25-23(28)17-27(2)24(29)19-13-15-20(16-14-19)26-32(30,31)21-10-5-4-6-11-21/h4-16,26H,3,17H2,1-2H3,(H,25,28). The van der Waals surface area contributed by atoms with E-state index in [4.69, 9.17) is 0 Å². The number of carbonyl (C=O) groups is 2. The molecule has 0 spiro atoms. The highest BCUT2D eigenvalue weighted by Gasteiger charge is 2.17. The number of para-hydroxylation sites is 1. The molecule has 0 heterocycles. The first-order valence-electron chi connectivity index (χ1n) is 10.1. The van der Waals surface area contributed by atoms with E-state index >= 15 is 0 Å². The van der Waals surface area contributed by atoms with Gasteiger partial charge in [-0.3, -0.25) is 14.3 Å². The number of anilines is 2. The summed E-state index contributed by atoms with van der Waals surface area (Å²) in [6.45, 7) is 1.89. The van der Waals surface area contributed by atoms with E-state index in [0.29, 0.717) is 11.3 Å². The van der Waals surface area contributed by atoms with Gasteiger partial charge in [0.05, 0.1) is 11.4 Å². The van der Waals surface area contributed by atoms with Crippen molar-refractivity contribution in [2.75, 3.05) is 23.6 Å². The summed E-state index contributed by atoms with van der Waals surface area (Å²) in [4.78, 5) is 26.5. The Labute approximate surface area is 188 Å². The number of aryl methyl sites for hydroxylation is 1. The zero-order valence-electron chi connectivity index (χ0n) is 17.9. The molecule has 0 fully saturated rings. The highest BCUT2D eigenvalue weighted by atomic mass is 32.2. The van der Waals surface area contributed by atoms with Crippen LogP contribution in [0.5, 0.6) is 0 Å². The maximum Gasteiger partial charge on any atom is 0.261 e. The van der Waals surface area contributed by atoms with E-state index < -0.39 is 10.0 Å². The van der Waals surface area contributed by atoms with Gasteiger partial charge in [0.25, 0.3) is 15.9 Å². The van der Waals surface area contributed by atoms with Crippen LogP contribution in [-0.4, -0.2) is 38.7 Å². The Bertz CT molecular complexity index is 1190. The van der Waals surface area contributed by atoms with Crippen LogP contribution < -0.4 is 10.0 Å². The number of benzene rings is 3. The molecule has 0 radical (unpaired) electrons. The predicted molar refractivity (Wildman–Crippen MR) is 125 cm³/mol. The van der Waals surface area contributed by atoms with Crippen LogP contribution in [0.25, 0.3) is 0 Å². The average Bonchev–Trinajstić information content (AvgIpc) is 2.79. The maximum atomic E-state index is 12.7. The summed E-state index contributed by atoms with van der Waals surface area (Å²) in [7, 11) is -2.17. The van der Waals surface area contributed by atoms with Crippen LogP contribution in [0, 0.1) is 0 Å². The number of likely N-dealkylation sites (N-methyl/N-ethyl adjacent to an activating group) is 1. The third-order valence-corrected chi connectivity index (χ3v) is 6.23. The van der Waals surface area contributed by atoms with Gasteiger partial charge in [0, 0.05) is 24.0 Å². The van der Waals surface area contributed by atoms with Crippen molar-refractivity contribution in [3.8, 4) is 0 Å². The number of sulfonamides is 1. The largest absolute Gasteiger partial charge is 0.332 e. The molecule has 3 aromatic carbocycles. The third-order valence-electron chi connectivity index (χ3n) is 4.84. The zero-order valence-corrected chi connectivity index (χ0v) is 18.7. The second kappa shape index (κ2) is 10.1. The summed E-state index contributed by atoms with van der Waals surface area (Å²) in [5.74, 6) is -0.643. The van der Waals surface area contributed by atoms with E-state index in [-0.39, 0.29) is 23.3 Å². The minimum absolute atomic E-state index is 0.112. The third kappa shape index (κ3) is 5.73. The van der Waals surface area contributed by atoms with E-state index in [9.17, 15) is 18.0 Å². The molecule has 0 bridgehead atoms. The van der Waals surface area contributed by atoms with Gasteiger partial charge in [-0.25, -0.2) is 8.42 Å². The van der Waals surface area contributed by atoms with Crippen molar-refractivity contribution in [1.82, 2.24) is 4.90 Å². The molecule has 0 unspecified atom stereocenters. The Balaban J connectivity index is 1.62. The van der Waals surface area contributed by atoms with Gasteiger partial charge in [0.1, 0.15) is 0 Å². The first-order chi connectivity index (χ1) is 15.3. The monoisotopic (exact) mass is 451 g/mol. The van der Waals surface area contributed by atoms with Gasteiger partial charge in [0.15, 0.2) is 0 Å². The summed E-state index contributed by atoms with van der Waals surface area (Å²) >= 11 is 0. The molecular weight excluding hydrogens is 426 g/mol. The molecule has 0 aliphatic carbocycles. The van der Waals surface area contributed by atoms with E-state index in [1.807, 2.05) is 31.2 Å². The Hall–Kier alpha value is -3.65. The predicted octanol–water partition coefficient (Wildman–Crippen LogP) is 3.76. The smallest absolute Gasteiger partial charge is 0.261 e. The molecule has 166 valence electrons. The molecular formula is C24H25N3O4S. The molecule has 0 saturated heterocycles. The fraction of sp³-hybridized carbons (Fsp3) is 0.167. The Kier molecular flexibility index (Phi) is 7.27. The van der Waals surface area contributed by atoms with E-state index in [0.717, 1.165) is 17.7 Å². The number of rotatable bonds is 8. The van der Waals surface area contributed by atoms with Crippen molar-refractivity contribution in [3.05, 3.63) is 90.0 Å². The molecule has 3 rings (SSSR count). The van der Waals surface area contributed by atoms with Crippen LogP contribution >= 0.6 is 0 Å². The van der Waals surface area contributed by atoms with Crippen molar-refractivity contribution in [1.29, 1.82) is 0 Å². The summed E-state index contributed by atoms with van der Waals surface area (Å²) in [5.41, 5.74) is 2.43. The minimum Gasteiger partial charge on any atom is -0.332 e. The van der Waals surface area contributed by atoms with Gasteiger partial charge in [0.2, 0.25) is 5.91 Å². The van der Waals surface area contributed by atoms with Crippen molar-refractivity contribution >= 4 is 33.2 Å². The second-order valence-electron chi connectivity index (χ2n) is 7.22. The first kappa shape index (κ1) is 23.0. The van der Waals surface area contributed by atoms with Crippen LogP contribution in [-0.2, 0) is 21.2 Å². The number of amides is 2. The Morgan fingerprint density at radius 3 is 2.16 bits per heavy atom. The molecule has 0 aliphatic rings. The Morgan fingerprint density at radius 2 is 1.50 bits per heavy atom. The summed E-state index contributed by atoms with van der Waals surface area (Å²) in [6, 6.07) is 21.6. The molecule has 2 N–H and O–H groups in total. The topological polar surface area (TPSA) is 95.6 Å². The van der Waals surface area contributed by atoms with Crippen molar-refractivity contribution in [2.24, 2.45) is 0 Å². The summed E-state index contributed by atoms with van der Waals surface area (Å²) in [5, 5.41) is 2.84. The van der Waals surface area contributed by atoms with E-state index in [2.05, 4.69) is 10.0 Å². The SMILES string of the molecule is CCc1ccccc1NC(=O)CN(C)C(=O)c1ccc(NS(=O)(=O)c2ccccc2)cc1. The van der Waals surface area contributed by atoms with Crippen LogP contribution in [0.2, 0.25) is 0 Å². The number of hydrogen-bond donors (Lipinski definition) is 2. The van der Waals surface area contributed by atoms with Gasteiger partial charge in [-0.15, -0.1) is 0 Å². The second-order valence-corrected chi connectivity index (χ2v) is 8.90. The van der Waals surface area contributed by atoms with Crippen LogP contribution in [0.1, 0.15) is 22.8 Å². The number of nitrogens with one attached hydrogen (secondary N) is 2. The molecule has 0 aliphatic heterocycles.